The smallest absolute Gasteiger partial charge is 0.409 e. The van der Waals surface area contributed by atoms with E-state index in [1.807, 2.05) is 26.0 Å². The lowest BCUT2D eigenvalue weighted by Gasteiger charge is -2.19. The average molecular weight is 453 g/mol. The highest BCUT2D eigenvalue weighted by molar-refractivity contribution is 5.89. The fourth-order valence-electron chi connectivity index (χ4n) is 3.13. The Morgan fingerprint density at radius 2 is 1.91 bits per heavy atom. The molecule has 0 radical (unpaired) electrons. The van der Waals surface area contributed by atoms with Crippen LogP contribution in [0.2, 0.25) is 0 Å². The van der Waals surface area contributed by atoms with E-state index in [0.29, 0.717) is 35.9 Å². The number of carboxylic acid groups (broad SMARTS) is 1. The van der Waals surface area contributed by atoms with Crippen molar-refractivity contribution in [2.45, 2.75) is 26.9 Å². The Morgan fingerprint density at radius 3 is 2.61 bits per heavy atom. The van der Waals surface area contributed by atoms with Crippen molar-refractivity contribution in [2.75, 3.05) is 20.8 Å². The lowest BCUT2D eigenvalue weighted by molar-refractivity contribution is 0.0695. The van der Waals surface area contributed by atoms with Gasteiger partial charge in [-0.1, -0.05) is 44.2 Å². The molecule has 0 unspecified atom stereocenters. The van der Waals surface area contributed by atoms with Crippen LogP contribution in [-0.2, 0) is 17.8 Å². The molecule has 0 aliphatic carbocycles. The van der Waals surface area contributed by atoms with Crippen molar-refractivity contribution in [2.24, 2.45) is 5.92 Å². The van der Waals surface area contributed by atoms with Gasteiger partial charge in [-0.2, -0.15) is 4.80 Å². The third kappa shape index (κ3) is 6.06. The van der Waals surface area contributed by atoms with Crippen LogP contribution >= 0.6 is 0 Å². The molecule has 0 aliphatic heterocycles. The molecule has 1 aromatic heterocycles. The number of hydrogen-bond acceptors (Lipinski definition) is 7. The molecule has 3 aromatic rings. The number of aromatic carboxylic acids is 1. The fraction of sp³-hybridized carbons (Fsp3) is 0.348. The molecule has 0 aliphatic rings. The van der Waals surface area contributed by atoms with Crippen molar-refractivity contribution < 1.29 is 24.2 Å². The molecule has 10 heteroatoms. The highest BCUT2D eigenvalue weighted by Crippen LogP contribution is 2.26. The number of aromatic nitrogens is 4. The predicted molar refractivity (Wildman–Crippen MR) is 120 cm³/mol. The molecule has 0 spiro atoms. The number of rotatable bonds is 9. The van der Waals surface area contributed by atoms with Gasteiger partial charge in [0.05, 0.1) is 32.4 Å². The van der Waals surface area contributed by atoms with E-state index in [1.165, 1.54) is 15.8 Å². The molecule has 3 rings (SSSR count). The number of nitrogens with zero attached hydrogens (tertiary/aromatic N) is 5. The Bertz CT molecular complexity index is 1130. The number of methoxy groups -OCH3 is 1. The molecule has 0 atom stereocenters. The number of carboxylic acids is 1. The van der Waals surface area contributed by atoms with Crippen LogP contribution in [0.15, 0.2) is 42.5 Å². The Balaban J connectivity index is 1.74. The molecule has 0 saturated heterocycles. The van der Waals surface area contributed by atoms with Crippen LogP contribution in [0.4, 0.5) is 4.79 Å². The number of amides is 1. The molecule has 0 saturated carbocycles. The number of benzene rings is 2. The summed E-state index contributed by atoms with van der Waals surface area (Å²) in [7, 11) is 3.21. The zero-order chi connectivity index (χ0) is 24.0. The van der Waals surface area contributed by atoms with Gasteiger partial charge in [0, 0.05) is 18.2 Å². The maximum absolute atomic E-state index is 12.2. The summed E-state index contributed by atoms with van der Waals surface area (Å²) in [5.74, 6) is 0.194. The number of hydrogen-bond donors (Lipinski definition) is 1. The van der Waals surface area contributed by atoms with Gasteiger partial charge in [-0.15, -0.1) is 10.2 Å². The van der Waals surface area contributed by atoms with Crippen LogP contribution in [0.3, 0.4) is 0 Å². The molecule has 33 heavy (non-hydrogen) atoms. The third-order valence-corrected chi connectivity index (χ3v) is 4.82. The van der Waals surface area contributed by atoms with Crippen molar-refractivity contribution in [3.8, 4) is 17.1 Å². The molecule has 174 valence electrons. The summed E-state index contributed by atoms with van der Waals surface area (Å²) < 4.78 is 10.8. The van der Waals surface area contributed by atoms with Gasteiger partial charge < -0.3 is 19.5 Å². The zero-order valence-corrected chi connectivity index (χ0v) is 19.1. The van der Waals surface area contributed by atoms with Crippen molar-refractivity contribution in [1.29, 1.82) is 0 Å². The third-order valence-electron chi connectivity index (χ3n) is 4.82. The van der Waals surface area contributed by atoms with Crippen molar-refractivity contribution in [3.63, 3.8) is 0 Å². The maximum atomic E-state index is 12.2. The number of carbonyl (C=O) groups is 2. The van der Waals surface area contributed by atoms with E-state index < -0.39 is 12.1 Å². The summed E-state index contributed by atoms with van der Waals surface area (Å²) >= 11 is 0. The first-order valence-corrected chi connectivity index (χ1v) is 10.4. The summed E-state index contributed by atoms with van der Waals surface area (Å²) in [6.45, 7) is 4.80. The monoisotopic (exact) mass is 453 g/mol. The number of ether oxygens (including phenoxy) is 2. The Morgan fingerprint density at radius 1 is 1.15 bits per heavy atom. The van der Waals surface area contributed by atoms with E-state index in [9.17, 15) is 14.7 Å². The SMILES string of the molecule is COc1cc(-c2nnn(Cc3ccccc3C(=O)O)n2)ccc1CN(C)C(=O)OCC(C)C. The predicted octanol–water partition coefficient (Wildman–Crippen LogP) is 3.32. The van der Waals surface area contributed by atoms with E-state index in [2.05, 4.69) is 15.4 Å². The average Bonchev–Trinajstić information content (AvgIpc) is 3.26. The molecule has 1 amide bonds. The standard InChI is InChI=1S/C23H27N5O5/c1-15(2)14-33-23(31)27(3)12-18-10-9-16(11-20(18)32-4)21-24-26-28(25-21)13-17-7-5-6-8-19(17)22(29)30/h5-11,15H,12-14H2,1-4H3,(H,29,30). The molecule has 1 heterocycles. The molecule has 0 fully saturated rings. The first kappa shape index (κ1) is 23.7. The lowest BCUT2D eigenvalue weighted by atomic mass is 10.1. The number of tetrazole rings is 1. The second-order valence-electron chi connectivity index (χ2n) is 7.96. The molecule has 0 bridgehead atoms. The first-order valence-electron chi connectivity index (χ1n) is 10.4. The minimum atomic E-state index is -1.01. The minimum Gasteiger partial charge on any atom is -0.496 e. The second kappa shape index (κ2) is 10.6. The van der Waals surface area contributed by atoms with Crippen molar-refractivity contribution >= 4 is 12.1 Å². The molecular formula is C23H27N5O5. The summed E-state index contributed by atoms with van der Waals surface area (Å²) in [6.07, 6.45) is -0.402. The molecule has 2 aromatic carbocycles. The van der Waals surface area contributed by atoms with Gasteiger partial charge in [0.2, 0.25) is 5.82 Å². The summed E-state index contributed by atoms with van der Waals surface area (Å²) in [5, 5.41) is 21.9. The van der Waals surface area contributed by atoms with Crippen molar-refractivity contribution in [3.05, 3.63) is 59.2 Å². The largest absolute Gasteiger partial charge is 0.496 e. The maximum Gasteiger partial charge on any atom is 0.409 e. The van der Waals surface area contributed by atoms with E-state index in [-0.39, 0.29) is 18.0 Å². The van der Waals surface area contributed by atoms with Crippen LogP contribution in [0.25, 0.3) is 11.4 Å². The van der Waals surface area contributed by atoms with Gasteiger partial charge >= 0.3 is 12.1 Å². The van der Waals surface area contributed by atoms with Crippen LogP contribution in [0, 0.1) is 5.92 Å². The van der Waals surface area contributed by atoms with Crippen LogP contribution in [-0.4, -0.2) is 63.0 Å². The second-order valence-corrected chi connectivity index (χ2v) is 7.96. The Kier molecular flexibility index (Phi) is 7.60. The highest BCUT2D eigenvalue weighted by atomic mass is 16.6. The first-order chi connectivity index (χ1) is 15.8. The fourth-order valence-corrected chi connectivity index (χ4v) is 3.13. The quantitative estimate of drug-likeness (QED) is 0.524. The van der Waals surface area contributed by atoms with E-state index >= 15 is 0 Å². The van der Waals surface area contributed by atoms with Gasteiger partial charge in [-0.05, 0) is 28.8 Å². The zero-order valence-electron chi connectivity index (χ0n) is 19.1. The van der Waals surface area contributed by atoms with Gasteiger partial charge in [0.1, 0.15) is 5.75 Å². The summed E-state index contributed by atoms with van der Waals surface area (Å²) in [4.78, 5) is 26.4. The molecule has 1 N–H and O–H groups in total. The van der Waals surface area contributed by atoms with Gasteiger partial charge in [-0.25, -0.2) is 9.59 Å². The summed E-state index contributed by atoms with van der Waals surface area (Å²) in [5.41, 5.74) is 2.25. The minimum absolute atomic E-state index is 0.175. The van der Waals surface area contributed by atoms with E-state index in [4.69, 9.17) is 9.47 Å². The van der Waals surface area contributed by atoms with Gasteiger partial charge in [-0.3, -0.25) is 0 Å². The topological polar surface area (TPSA) is 120 Å². The summed E-state index contributed by atoms with van der Waals surface area (Å²) in [6, 6.07) is 12.1. The molecule has 10 nitrogen and oxygen atoms in total. The molecular weight excluding hydrogens is 426 g/mol. The Labute approximate surface area is 191 Å². The van der Waals surface area contributed by atoms with Crippen LogP contribution in [0.5, 0.6) is 5.75 Å². The van der Waals surface area contributed by atoms with Crippen molar-refractivity contribution in [1.82, 2.24) is 25.1 Å². The number of carbonyl (C=O) groups excluding carboxylic acids is 1. The lowest BCUT2D eigenvalue weighted by Crippen LogP contribution is -2.28. The van der Waals surface area contributed by atoms with Gasteiger partial charge in [0.25, 0.3) is 0 Å². The Hall–Kier alpha value is -3.95. The van der Waals surface area contributed by atoms with Crippen LogP contribution in [0.1, 0.15) is 35.3 Å². The van der Waals surface area contributed by atoms with Crippen LogP contribution < -0.4 is 4.74 Å². The normalized spacial score (nSPS) is 10.8. The van der Waals surface area contributed by atoms with Gasteiger partial charge in [0.15, 0.2) is 0 Å². The van der Waals surface area contributed by atoms with E-state index in [0.717, 1.165) is 5.56 Å². The highest BCUT2D eigenvalue weighted by Gasteiger charge is 2.16. The van der Waals surface area contributed by atoms with E-state index in [1.54, 1.807) is 38.4 Å².